The number of benzene rings is 1. The zero-order chi connectivity index (χ0) is 18.5. The summed E-state index contributed by atoms with van der Waals surface area (Å²) in [5.74, 6) is -0.337. The van der Waals surface area contributed by atoms with Crippen molar-refractivity contribution in [3.05, 3.63) is 40.9 Å². The molecule has 1 aliphatic carbocycles. The minimum absolute atomic E-state index is 0.183. The second-order valence-electron chi connectivity index (χ2n) is 6.92. The van der Waals surface area contributed by atoms with Crippen LogP contribution in [0.3, 0.4) is 0 Å². The first-order valence-electron chi connectivity index (χ1n) is 9.02. The van der Waals surface area contributed by atoms with Gasteiger partial charge in [-0.05, 0) is 25.7 Å². The van der Waals surface area contributed by atoms with E-state index in [1.165, 1.54) is 23.3 Å². The summed E-state index contributed by atoms with van der Waals surface area (Å²) in [6.07, 6.45) is 4.48. The van der Waals surface area contributed by atoms with Gasteiger partial charge in [0, 0.05) is 17.0 Å². The predicted octanol–water partition coefficient (Wildman–Crippen LogP) is 3.97. The Bertz CT molecular complexity index is 770. The molecule has 1 fully saturated rings. The van der Waals surface area contributed by atoms with Crippen LogP contribution < -0.4 is 5.32 Å². The van der Waals surface area contributed by atoms with Crippen molar-refractivity contribution in [2.75, 3.05) is 6.61 Å². The number of ether oxygens (including phenoxy) is 1. The van der Waals surface area contributed by atoms with Crippen molar-refractivity contribution in [3.63, 3.8) is 0 Å². The van der Waals surface area contributed by atoms with Crippen molar-refractivity contribution in [2.45, 2.75) is 45.6 Å². The van der Waals surface area contributed by atoms with Gasteiger partial charge >= 0.3 is 5.97 Å². The van der Waals surface area contributed by atoms with E-state index in [0.29, 0.717) is 5.92 Å². The number of nitrogens with one attached hydrogen (secondary N) is 1. The second-order valence-corrected chi connectivity index (χ2v) is 7.77. The summed E-state index contributed by atoms with van der Waals surface area (Å²) in [6.45, 7) is 3.91. The van der Waals surface area contributed by atoms with E-state index >= 15 is 0 Å². The van der Waals surface area contributed by atoms with Crippen molar-refractivity contribution < 1.29 is 14.3 Å². The summed E-state index contributed by atoms with van der Waals surface area (Å²) >= 11 is 1.39. The highest BCUT2D eigenvalue weighted by atomic mass is 32.1. The highest BCUT2D eigenvalue weighted by Crippen LogP contribution is 2.25. The number of hydrogen-bond acceptors (Lipinski definition) is 5. The molecule has 0 spiro atoms. The Kier molecular flexibility index (Phi) is 6.04. The van der Waals surface area contributed by atoms with Gasteiger partial charge in [0.05, 0.1) is 0 Å². The molecule has 1 N–H and O–H groups in total. The molecular weight excluding hydrogens is 348 g/mol. The molecule has 1 amide bonds. The smallest absolute Gasteiger partial charge is 0.358 e. The van der Waals surface area contributed by atoms with Crippen LogP contribution in [0, 0.1) is 12.8 Å². The van der Waals surface area contributed by atoms with Gasteiger partial charge in [-0.25, -0.2) is 9.78 Å². The van der Waals surface area contributed by atoms with Crippen LogP contribution in [0.1, 0.15) is 48.7 Å². The molecule has 1 aromatic heterocycles. The van der Waals surface area contributed by atoms with Gasteiger partial charge in [-0.2, -0.15) is 0 Å². The van der Waals surface area contributed by atoms with Crippen molar-refractivity contribution in [2.24, 2.45) is 5.92 Å². The molecule has 5 nitrogen and oxygen atoms in total. The Hall–Kier alpha value is -2.21. The number of carbonyl (C=O) groups is 2. The molecule has 1 aromatic carbocycles. The maximum atomic E-state index is 12.1. The molecule has 1 heterocycles. The van der Waals surface area contributed by atoms with E-state index in [-0.39, 0.29) is 24.2 Å². The maximum Gasteiger partial charge on any atom is 0.358 e. The van der Waals surface area contributed by atoms with E-state index in [2.05, 4.69) is 17.2 Å². The number of hydrogen-bond donors (Lipinski definition) is 1. The molecule has 138 valence electrons. The topological polar surface area (TPSA) is 68.3 Å². The molecule has 0 bridgehead atoms. The molecule has 0 radical (unpaired) electrons. The van der Waals surface area contributed by atoms with Gasteiger partial charge in [0.25, 0.3) is 5.91 Å². The number of carbonyl (C=O) groups excluding carboxylic acids is 2. The zero-order valence-electron chi connectivity index (χ0n) is 15.2. The van der Waals surface area contributed by atoms with Crippen LogP contribution in [-0.4, -0.2) is 29.5 Å². The molecule has 3 rings (SSSR count). The van der Waals surface area contributed by atoms with E-state index in [9.17, 15) is 9.59 Å². The average molecular weight is 372 g/mol. The van der Waals surface area contributed by atoms with Crippen LogP contribution in [-0.2, 0) is 9.53 Å². The third-order valence-corrected chi connectivity index (χ3v) is 5.70. The van der Waals surface area contributed by atoms with Crippen molar-refractivity contribution >= 4 is 23.2 Å². The molecule has 2 atom stereocenters. The Morgan fingerprint density at radius 2 is 1.96 bits per heavy atom. The van der Waals surface area contributed by atoms with Crippen LogP contribution >= 0.6 is 11.3 Å². The number of thiazole rings is 1. The Morgan fingerprint density at radius 3 is 2.69 bits per heavy atom. The molecule has 26 heavy (non-hydrogen) atoms. The van der Waals surface area contributed by atoms with E-state index < -0.39 is 5.97 Å². The molecule has 0 aliphatic heterocycles. The molecule has 2 aromatic rings. The number of aryl methyl sites for hydroxylation is 1. The fourth-order valence-corrected chi connectivity index (χ4v) is 3.98. The molecule has 1 aliphatic rings. The summed E-state index contributed by atoms with van der Waals surface area (Å²) in [5.41, 5.74) is 2.37. The van der Waals surface area contributed by atoms with Gasteiger partial charge in [-0.3, -0.25) is 4.79 Å². The molecule has 6 heteroatoms. The number of amides is 1. The second kappa shape index (κ2) is 8.45. The van der Waals surface area contributed by atoms with Crippen LogP contribution in [0.2, 0.25) is 0 Å². The van der Waals surface area contributed by atoms with E-state index in [1.807, 2.05) is 31.2 Å². The lowest BCUT2D eigenvalue weighted by atomic mass is 9.86. The van der Waals surface area contributed by atoms with Gasteiger partial charge in [0.2, 0.25) is 0 Å². The van der Waals surface area contributed by atoms with Crippen LogP contribution in [0.25, 0.3) is 10.6 Å². The number of rotatable bonds is 5. The van der Waals surface area contributed by atoms with Gasteiger partial charge in [0.15, 0.2) is 12.3 Å². The highest BCUT2D eigenvalue weighted by Gasteiger charge is 2.23. The Morgan fingerprint density at radius 1 is 1.23 bits per heavy atom. The third-order valence-electron chi connectivity index (χ3n) is 4.80. The third kappa shape index (κ3) is 4.69. The van der Waals surface area contributed by atoms with Crippen LogP contribution in [0.5, 0.6) is 0 Å². The minimum atomic E-state index is -0.563. The lowest BCUT2D eigenvalue weighted by Crippen LogP contribution is -2.42. The first-order chi connectivity index (χ1) is 12.5. The summed E-state index contributed by atoms with van der Waals surface area (Å²) in [6, 6.07) is 8.14. The number of nitrogens with zero attached hydrogens (tertiary/aromatic N) is 1. The predicted molar refractivity (Wildman–Crippen MR) is 102 cm³/mol. The van der Waals surface area contributed by atoms with Crippen molar-refractivity contribution in [3.8, 4) is 10.6 Å². The molecule has 0 unspecified atom stereocenters. The Balaban J connectivity index is 1.52. The van der Waals surface area contributed by atoms with E-state index in [0.717, 1.165) is 29.8 Å². The Labute approximate surface area is 157 Å². The van der Waals surface area contributed by atoms with Crippen molar-refractivity contribution in [1.29, 1.82) is 0 Å². The van der Waals surface area contributed by atoms with Gasteiger partial charge in [0.1, 0.15) is 5.01 Å². The quantitative estimate of drug-likeness (QED) is 0.807. The first kappa shape index (κ1) is 18.6. The summed E-state index contributed by atoms with van der Waals surface area (Å²) in [5, 5.41) is 5.40. The summed E-state index contributed by atoms with van der Waals surface area (Å²) < 4.78 is 5.13. The summed E-state index contributed by atoms with van der Waals surface area (Å²) in [7, 11) is 0. The highest BCUT2D eigenvalue weighted by molar-refractivity contribution is 7.13. The number of esters is 1. The largest absolute Gasteiger partial charge is 0.451 e. The first-order valence-corrected chi connectivity index (χ1v) is 9.90. The average Bonchev–Trinajstić information content (AvgIpc) is 3.12. The SMILES string of the molecule is Cc1ccc(-c2nc(C(=O)OCC(=O)N[C@H]3CCCC[C@@H]3C)cs2)cc1. The fraction of sp³-hybridized carbons (Fsp3) is 0.450. The summed E-state index contributed by atoms with van der Waals surface area (Å²) in [4.78, 5) is 28.5. The zero-order valence-corrected chi connectivity index (χ0v) is 16.0. The normalized spacial score (nSPS) is 19.8. The fourth-order valence-electron chi connectivity index (χ4n) is 3.18. The van der Waals surface area contributed by atoms with E-state index in [1.54, 1.807) is 5.38 Å². The van der Waals surface area contributed by atoms with Gasteiger partial charge in [-0.1, -0.05) is 49.6 Å². The van der Waals surface area contributed by atoms with Crippen LogP contribution in [0.4, 0.5) is 0 Å². The van der Waals surface area contributed by atoms with Crippen molar-refractivity contribution in [1.82, 2.24) is 10.3 Å². The lowest BCUT2D eigenvalue weighted by molar-refractivity contribution is -0.125. The van der Waals surface area contributed by atoms with Gasteiger partial charge < -0.3 is 10.1 Å². The standard InChI is InChI=1S/C20H24N2O3S/c1-13-7-9-15(10-8-13)19-22-17(12-26-19)20(24)25-11-18(23)21-16-6-4-3-5-14(16)2/h7-10,12,14,16H,3-6,11H2,1-2H3,(H,21,23)/t14-,16-/m0/s1. The molecule has 0 saturated heterocycles. The molecular formula is C20H24N2O3S. The van der Waals surface area contributed by atoms with Crippen LogP contribution in [0.15, 0.2) is 29.6 Å². The monoisotopic (exact) mass is 372 g/mol. The molecule has 1 saturated carbocycles. The number of aromatic nitrogens is 1. The van der Waals surface area contributed by atoms with Gasteiger partial charge in [-0.15, -0.1) is 11.3 Å². The van der Waals surface area contributed by atoms with E-state index in [4.69, 9.17) is 4.74 Å². The lowest BCUT2D eigenvalue weighted by Gasteiger charge is -2.29. The minimum Gasteiger partial charge on any atom is -0.451 e. The maximum absolute atomic E-state index is 12.1.